The highest BCUT2D eigenvalue weighted by Gasteiger charge is 2.17. The zero-order valence-corrected chi connectivity index (χ0v) is 16.5. The smallest absolute Gasteiger partial charge is 0.251 e. The third kappa shape index (κ3) is 6.26. The van der Waals surface area contributed by atoms with Gasteiger partial charge in [0, 0.05) is 25.2 Å². The number of sulfonamides is 1. The van der Waals surface area contributed by atoms with Crippen molar-refractivity contribution in [1.82, 2.24) is 9.62 Å². The van der Waals surface area contributed by atoms with Gasteiger partial charge >= 0.3 is 0 Å². The van der Waals surface area contributed by atoms with Crippen molar-refractivity contribution in [2.24, 2.45) is 0 Å². The lowest BCUT2D eigenvalue weighted by Gasteiger charge is -2.20. The summed E-state index contributed by atoms with van der Waals surface area (Å²) in [6.07, 6.45) is 1.15. The first-order valence-corrected chi connectivity index (χ1v) is 10.2. The summed E-state index contributed by atoms with van der Waals surface area (Å²) in [6.45, 7) is 0.599. The van der Waals surface area contributed by atoms with E-state index in [1.807, 2.05) is 12.1 Å². The molecule has 0 saturated carbocycles. The third-order valence-electron chi connectivity index (χ3n) is 3.99. The van der Waals surface area contributed by atoms with Gasteiger partial charge in [-0.25, -0.2) is 8.42 Å². The predicted molar refractivity (Wildman–Crippen MR) is 104 cm³/mol. The van der Waals surface area contributed by atoms with Crippen LogP contribution in [0.2, 0.25) is 0 Å². The first-order chi connectivity index (χ1) is 12.8. The number of amides is 1. The second-order valence-electron chi connectivity index (χ2n) is 5.93. The van der Waals surface area contributed by atoms with Crippen LogP contribution >= 0.6 is 0 Å². The molecule has 0 bridgehead atoms. The molecule has 1 amide bonds. The summed E-state index contributed by atoms with van der Waals surface area (Å²) < 4.78 is 35.6. The van der Waals surface area contributed by atoms with Gasteiger partial charge in [0.15, 0.2) is 0 Å². The lowest BCUT2D eigenvalue weighted by molar-refractivity contribution is 0.0951. The average molecular weight is 392 g/mol. The number of rotatable bonds is 9. The molecule has 8 heteroatoms. The number of benzene rings is 2. The number of hydrogen-bond donors (Lipinski definition) is 1. The van der Waals surface area contributed by atoms with Crippen LogP contribution in [0.25, 0.3) is 0 Å². The van der Waals surface area contributed by atoms with Gasteiger partial charge in [0.05, 0.1) is 20.5 Å². The van der Waals surface area contributed by atoms with Crippen LogP contribution in [-0.2, 0) is 16.6 Å². The molecule has 146 valence electrons. The van der Waals surface area contributed by atoms with E-state index in [9.17, 15) is 13.2 Å². The Morgan fingerprint density at radius 2 is 1.48 bits per heavy atom. The largest absolute Gasteiger partial charge is 0.497 e. The Labute approximate surface area is 160 Å². The van der Waals surface area contributed by atoms with E-state index in [0.29, 0.717) is 17.1 Å². The molecule has 0 saturated heterocycles. The molecule has 0 heterocycles. The van der Waals surface area contributed by atoms with Crippen LogP contribution < -0.4 is 14.8 Å². The van der Waals surface area contributed by atoms with Crippen molar-refractivity contribution < 1.29 is 22.7 Å². The van der Waals surface area contributed by atoms with Crippen LogP contribution in [-0.4, -0.2) is 52.2 Å². The van der Waals surface area contributed by atoms with E-state index in [2.05, 4.69) is 5.32 Å². The third-order valence-corrected chi connectivity index (χ3v) is 5.24. The topological polar surface area (TPSA) is 84.9 Å². The van der Waals surface area contributed by atoms with E-state index >= 15 is 0 Å². The number of nitrogens with zero attached hydrogens (tertiary/aromatic N) is 1. The SMILES string of the molecule is COc1ccc(CN(CCNC(=O)c2ccc(OC)cc2)S(C)(=O)=O)cc1. The van der Waals surface area contributed by atoms with E-state index in [-0.39, 0.29) is 25.5 Å². The van der Waals surface area contributed by atoms with Gasteiger partial charge in [-0.15, -0.1) is 0 Å². The quantitative estimate of drug-likeness (QED) is 0.705. The van der Waals surface area contributed by atoms with Gasteiger partial charge in [0.1, 0.15) is 11.5 Å². The summed E-state index contributed by atoms with van der Waals surface area (Å²) in [5.74, 6) is 1.10. The zero-order chi connectivity index (χ0) is 19.9. The highest BCUT2D eigenvalue weighted by atomic mass is 32.2. The molecule has 0 aromatic heterocycles. The Kier molecular flexibility index (Phi) is 7.20. The number of methoxy groups -OCH3 is 2. The number of hydrogen-bond acceptors (Lipinski definition) is 5. The average Bonchev–Trinajstić information content (AvgIpc) is 2.67. The fraction of sp³-hybridized carbons (Fsp3) is 0.316. The molecular weight excluding hydrogens is 368 g/mol. The zero-order valence-electron chi connectivity index (χ0n) is 15.6. The van der Waals surface area contributed by atoms with Gasteiger partial charge in [-0.05, 0) is 42.0 Å². The lowest BCUT2D eigenvalue weighted by atomic mass is 10.2. The molecule has 0 unspecified atom stereocenters. The van der Waals surface area contributed by atoms with Crippen molar-refractivity contribution >= 4 is 15.9 Å². The molecule has 1 N–H and O–H groups in total. The molecule has 0 aliphatic carbocycles. The van der Waals surface area contributed by atoms with E-state index in [0.717, 1.165) is 11.8 Å². The summed E-state index contributed by atoms with van der Waals surface area (Å²) in [4.78, 5) is 12.2. The molecule has 2 aromatic carbocycles. The highest BCUT2D eigenvalue weighted by Crippen LogP contribution is 2.14. The van der Waals surface area contributed by atoms with Crippen LogP contribution in [0.15, 0.2) is 48.5 Å². The van der Waals surface area contributed by atoms with Crippen molar-refractivity contribution in [3.63, 3.8) is 0 Å². The fourth-order valence-corrected chi connectivity index (χ4v) is 3.24. The first kappa shape index (κ1) is 20.7. The molecule has 2 aromatic rings. The minimum Gasteiger partial charge on any atom is -0.497 e. The normalized spacial score (nSPS) is 11.3. The van der Waals surface area contributed by atoms with Crippen molar-refractivity contribution in [3.05, 3.63) is 59.7 Å². The molecule has 0 fully saturated rings. The second kappa shape index (κ2) is 9.38. The van der Waals surface area contributed by atoms with Crippen LogP contribution in [0.5, 0.6) is 11.5 Å². The minimum atomic E-state index is -3.42. The molecule has 0 spiro atoms. The predicted octanol–water partition coefficient (Wildman–Crippen LogP) is 1.90. The molecule has 2 rings (SSSR count). The molecule has 7 nitrogen and oxygen atoms in total. The fourth-order valence-electron chi connectivity index (χ4n) is 2.44. The van der Waals surface area contributed by atoms with Gasteiger partial charge in [0.25, 0.3) is 5.91 Å². The van der Waals surface area contributed by atoms with Gasteiger partial charge in [-0.1, -0.05) is 12.1 Å². The first-order valence-electron chi connectivity index (χ1n) is 8.34. The number of carbonyl (C=O) groups is 1. The molecular formula is C19H24N2O5S. The summed E-state index contributed by atoms with van der Waals surface area (Å²) >= 11 is 0. The number of carbonyl (C=O) groups excluding carboxylic acids is 1. The molecule has 0 radical (unpaired) electrons. The second-order valence-corrected chi connectivity index (χ2v) is 7.91. The maximum absolute atomic E-state index is 12.2. The van der Waals surface area contributed by atoms with Crippen molar-refractivity contribution in [2.75, 3.05) is 33.6 Å². The maximum atomic E-state index is 12.2. The van der Waals surface area contributed by atoms with E-state index in [1.165, 1.54) is 4.31 Å². The van der Waals surface area contributed by atoms with Gasteiger partial charge < -0.3 is 14.8 Å². The van der Waals surface area contributed by atoms with Crippen molar-refractivity contribution in [3.8, 4) is 11.5 Å². The van der Waals surface area contributed by atoms with Gasteiger partial charge in [-0.3, -0.25) is 4.79 Å². The summed E-state index contributed by atoms with van der Waals surface area (Å²) in [7, 11) is -0.290. The standard InChI is InChI=1S/C19H24N2O5S/c1-25-17-8-4-15(5-9-17)14-21(27(3,23)24)13-12-20-19(22)16-6-10-18(26-2)11-7-16/h4-11H,12-14H2,1-3H3,(H,20,22). The lowest BCUT2D eigenvalue weighted by Crippen LogP contribution is -2.37. The van der Waals surface area contributed by atoms with E-state index < -0.39 is 10.0 Å². The van der Waals surface area contributed by atoms with E-state index in [4.69, 9.17) is 9.47 Å². The maximum Gasteiger partial charge on any atom is 0.251 e. The monoisotopic (exact) mass is 392 g/mol. The van der Waals surface area contributed by atoms with Gasteiger partial charge in [0.2, 0.25) is 10.0 Å². The van der Waals surface area contributed by atoms with Crippen molar-refractivity contribution in [1.29, 1.82) is 0 Å². The molecule has 0 atom stereocenters. The highest BCUT2D eigenvalue weighted by molar-refractivity contribution is 7.88. The van der Waals surface area contributed by atoms with Crippen LogP contribution in [0.3, 0.4) is 0 Å². The number of nitrogens with one attached hydrogen (secondary N) is 1. The van der Waals surface area contributed by atoms with Crippen LogP contribution in [0.4, 0.5) is 0 Å². The Morgan fingerprint density at radius 3 is 1.96 bits per heavy atom. The molecule has 0 aliphatic heterocycles. The Balaban J connectivity index is 1.94. The molecule has 27 heavy (non-hydrogen) atoms. The Morgan fingerprint density at radius 1 is 0.963 bits per heavy atom. The van der Waals surface area contributed by atoms with Crippen LogP contribution in [0.1, 0.15) is 15.9 Å². The van der Waals surface area contributed by atoms with E-state index in [1.54, 1.807) is 50.6 Å². The number of ether oxygens (including phenoxy) is 2. The summed E-state index contributed by atoms with van der Waals surface area (Å²) in [5.41, 5.74) is 1.32. The minimum absolute atomic E-state index is 0.173. The Bertz CT molecular complexity index is 849. The molecule has 0 aliphatic rings. The Hall–Kier alpha value is -2.58. The summed E-state index contributed by atoms with van der Waals surface area (Å²) in [5, 5.41) is 2.74. The summed E-state index contributed by atoms with van der Waals surface area (Å²) in [6, 6.07) is 13.9. The van der Waals surface area contributed by atoms with Crippen LogP contribution in [0, 0.1) is 0 Å². The van der Waals surface area contributed by atoms with Crippen molar-refractivity contribution in [2.45, 2.75) is 6.54 Å². The van der Waals surface area contributed by atoms with Gasteiger partial charge in [-0.2, -0.15) is 4.31 Å².